The summed E-state index contributed by atoms with van der Waals surface area (Å²) < 4.78 is 23.2. The van der Waals surface area contributed by atoms with Crippen LogP contribution in [0, 0.1) is 0 Å². The van der Waals surface area contributed by atoms with Crippen LogP contribution in [0.3, 0.4) is 0 Å². The molecule has 1 aliphatic heterocycles. The number of aliphatic hydroxyl groups excluding tert-OH is 1. The number of benzene rings is 1. The first-order valence-corrected chi connectivity index (χ1v) is 5.28. The van der Waals surface area contributed by atoms with E-state index in [1.165, 1.54) is 13.0 Å². The normalized spacial score (nSPS) is 18.8. The van der Waals surface area contributed by atoms with Gasteiger partial charge in [-0.15, -0.1) is 0 Å². The predicted octanol–water partition coefficient (Wildman–Crippen LogP) is 1.72. The van der Waals surface area contributed by atoms with Crippen molar-refractivity contribution in [2.75, 3.05) is 0 Å². The van der Waals surface area contributed by atoms with Gasteiger partial charge in [0.2, 0.25) is 9.84 Å². The van der Waals surface area contributed by atoms with E-state index in [0.29, 0.717) is 5.56 Å². The van der Waals surface area contributed by atoms with Crippen LogP contribution in [-0.2, 0) is 9.84 Å². The molecule has 0 aliphatic carbocycles. The molecule has 1 aromatic carbocycles. The third kappa shape index (κ3) is 0.920. The fraction of sp³-hybridized carbons (Fsp3) is 0.111. The molecule has 0 aromatic heterocycles. The van der Waals surface area contributed by atoms with E-state index in [-0.39, 0.29) is 15.6 Å². The van der Waals surface area contributed by atoms with Crippen LogP contribution in [0.2, 0.25) is 0 Å². The third-order valence-electron chi connectivity index (χ3n) is 2.17. The second kappa shape index (κ2) is 2.35. The maximum atomic E-state index is 11.6. The average Bonchev–Trinajstić information content (AvgIpc) is 2.30. The average molecular weight is 196 g/mol. The Hall–Kier alpha value is -1.29. The van der Waals surface area contributed by atoms with E-state index >= 15 is 0 Å². The molecule has 0 bridgehead atoms. The number of hydrogen-bond donors (Lipinski definition) is 1. The van der Waals surface area contributed by atoms with Gasteiger partial charge in [-0.3, -0.25) is 0 Å². The smallest absolute Gasteiger partial charge is 0.206 e. The number of hydrogen-bond acceptors (Lipinski definition) is 3. The number of fused-ring (bicyclic) bond motifs is 1. The first kappa shape index (κ1) is 8.31. The van der Waals surface area contributed by atoms with Crippen molar-refractivity contribution in [2.45, 2.75) is 11.8 Å². The molecule has 0 saturated heterocycles. The lowest BCUT2D eigenvalue weighted by Gasteiger charge is -1.96. The predicted molar refractivity (Wildman–Crippen MR) is 48.9 cm³/mol. The van der Waals surface area contributed by atoms with Gasteiger partial charge in [0.1, 0.15) is 5.76 Å². The highest BCUT2D eigenvalue weighted by Crippen LogP contribution is 2.36. The van der Waals surface area contributed by atoms with Gasteiger partial charge < -0.3 is 5.11 Å². The summed E-state index contributed by atoms with van der Waals surface area (Å²) in [5.74, 6) is -0.129. The highest BCUT2D eigenvalue weighted by Gasteiger charge is 2.32. The molecule has 1 aromatic rings. The Morgan fingerprint density at radius 2 is 1.85 bits per heavy atom. The zero-order valence-corrected chi connectivity index (χ0v) is 7.80. The molecule has 0 saturated carbocycles. The molecule has 4 heteroatoms. The van der Waals surface area contributed by atoms with Crippen LogP contribution in [0.1, 0.15) is 12.5 Å². The molecule has 0 fully saturated rings. The highest BCUT2D eigenvalue weighted by atomic mass is 32.2. The van der Waals surface area contributed by atoms with E-state index < -0.39 is 9.84 Å². The quantitative estimate of drug-likeness (QED) is 0.687. The number of rotatable bonds is 0. The number of aliphatic hydroxyl groups is 1. The molecule has 1 aliphatic rings. The highest BCUT2D eigenvalue weighted by molar-refractivity contribution is 7.95. The van der Waals surface area contributed by atoms with Crippen LogP contribution in [0.25, 0.3) is 5.76 Å². The fourth-order valence-corrected chi connectivity index (χ4v) is 2.78. The second-order valence-corrected chi connectivity index (χ2v) is 4.96. The Morgan fingerprint density at radius 3 is 2.46 bits per heavy atom. The summed E-state index contributed by atoms with van der Waals surface area (Å²) in [6.07, 6.45) is 0. The minimum absolute atomic E-state index is 0.0358. The van der Waals surface area contributed by atoms with Crippen LogP contribution in [0.4, 0.5) is 0 Å². The van der Waals surface area contributed by atoms with Gasteiger partial charge in [0.15, 0.2) is 0 Å². The van der Waals surface area contributed by atoms with Gasteiger partial charge in [0.25, 0.3) is 0 Å². The maximum Gasteiger partial charge on any atom is 0.206 e. The largest absolute Gasteiger partial charge is 0.506 e. The summed E-state index contributed by atoms with van der Waals surface area (Å²) in [7, 11) is -3.40. The molecule has 1 N–H and O–H groups in total. The number of sulfone groups is 1. The molecule has 0 unspecified atom stereocenters. The van der Waals surface area contributed by atoms with Crippen molar-refractivity contribution in [1.82, 2.24) is 0 Å². The van der Waals surface area contributed by atoms with Crippen LogP contribution < -0.4 is 0 Å². The summed E-state index contributed by atoms with van der Waals surface area (Å²) in [5.41, 5.74) is 0.403. The van der Waals surface area contributed by atoms with Crippen molar-refractivity contribution in [1.29, 1.82) is 0 Å². The topological polar surface area (TPSA) is 54.4 Å². The van der Waals surface area contributed by atoms with Crippen molar-refractivity contribution >= 4 is 15.6 Å². The first-order valence-electron chi connectivity index (χ1n) is 3.79. The monoisotopic (exact) mass is 196 g/mol. The molecule has 3 nitrogen and oxygen atoms in total. The lowest BCUT2D eigenvalue weighted by Crippen LogP contribution is -1.97. The zero-order chi connectivity index (χ0) is 9.64. The van der Waals surface area contributed by atoms with Crippen LogP contribution in [-0.4, -0.2) is 13.5 Å². The van der Waals surface area contributed by atoms with E-state index in [1.807, 2.05) is 0 Å². The maximum absolute atomic E-state index is 11.6. The Bertz CT molecular complexity index is 497. The standard InChI is InChI=1S/C9H8O3S/c1-6-9(10)7-4-2-3-5-8(7)13(6,11)12/h2-5,10H,1H3. The van der Waals surface area contributed by atoms with Gasteiger partial charge in [-0.25, -0.2) is 8.42 Å². The molecule has 0 amide bonds. The Morgan fingerprint density at radius 1 is 1.23 bits per heavy atom. The summed E-state index contributed by atoms with van der Waals surface area (Å²) >= 11 is 0. The lowest BCUT2D eigenvalue weighted by atomic mass is 10.2. The molecule has 0 atom stereocenters. The van der Waals surface area contributed by atoms with Gasteiger partial charge in [0.05, 0.1) is 9.80 Å². The van der Waals surface area contributed by atoms with Crippen LogP contribution >= 0.6 is 0 Å². The summed E-state index contributed by atoms with van der Waals surface area (Å²) in [5, 5.41) is 9.49. The SMILES string of the molecule is CC1=C(O)c2ccccc2S1(=O)=O. The van der Waals surface area contributed by atoms with Gasteiger partial charge in [-0.1, -0.05) is 12.1 Å². The van der Waals surface area contributed by atoms with E-state index in [2.05, 4.69) is 0 Å². The molecule has 1 heterocycles. The number of allylic oxidation sites excluding steroid dienone is 1. The van der Waals surface area contributed by atoms with Crippen LogP contribution in [0.5, 0.6) is 0 Å². The van der Waals surface area contributed by atoms with Crippen molar-refractivity contribution in [3.63, 3.8) is 0 Å². The van der Waals surface area contributed by atoms with Gasteiger partial charge in [-0.05, 0) is 19.1 Å². The lowest BCUT2D eigenvalue weighted by molar-refractivity contribution is 0.509. The van der Waals surface area contributed by atoms with Gasteiger partial charge >= 0.3 is 0 Å². The van der Waals surface area contributed by atoms with E-state index in [9.17, 15) is 13.5 Å². The fourth-order valence-electron chi connectivity index (χ4n) is 1.38. The zero-order valence-electron chi connectivity index (χ0n) is 6.98. The first-order chi connectivity index (χ1) is 6.05. The van der Waals surface area contributed by atoms with Gasteiger partial charge in [-0.2, -0.15) is 0 Å². The van der Waals surface area contributed by atoms with Crippen molar-refractivity contribution in [2.24, 2.45) is 0 Å². The molecular formula is C9H8O3S. The minimum atomic E-state index is -3.40. The van der Waals surface area contributed by atoms with Gasteiger partial charge in [0, 0.05) is 5.56 Å². The Balaban J connectivity index is 2.90. The minimum Gasteiger partial charge on any atom is -0.506 e. The molecule has 2 rings (SSSR count). The summed E-state index contributed by atoms with van der Waals surface area (Å²) in [4.78, 5) is 0.235. The van der Waals surface area contributed by atoms with E-state index in [0.717, 1.165) is 0 Å². The molecule has 13 heavy (non-hydrogen) atoms. The van der Waals surface area contributed by atoms with E-state index in [1.54, 1.807) is 18.2 Å². The Kier molecular flexibility index (Phi) is 1.51. The van der Waals surface area contributed by atoms with E-state index in [4.69, 9.17) is 0 Å². The molecule has 0 spiro atoms. The third-order valence-corrected chi connectivity index (χ3v) is 4.10. The molecule has 0 radical (unpaired) electrons. The summed E-state index contributed by atoms with van der Waals surface area (Å²) in [6, 6.07) is 6.43. The molecule has 68 valence electrons. The van der Waals surface area contributed by atoms with Crippen molar-refractivity contribution < 1.29 is 13.5 Å². The van der Waals surface area contributed by atoms with Crippen molar-refractivity contribution in [3.05, 3.63) is 34.7 Å². The van der Waals surface area contributed by atoms with Crippen molar-refractivity contribution in [3.8, 4) is 0 Å². The molecular weight excluding hydrogens is 188 g/mol. The van der Waals surface area contributed by atoms with Crippen LogP contribution in [0.15, 0.2) is 34.1 Å². The summed E-state index contributed by atoms with van der Waals surface area (Å²) in [6.45, 7) is 1.41. The Labute approximate surface area is 76.3 Å². The second-order valence-electron chi connectivity index (χ2n) is 2.90.